The third kappa shape index (κ3) is 4.80. The second-order valence-electron chi connectivity index (χ2n) is 8.41. The number of aromatic hydroxyl groups is 1. The molecule has 0 bridgehead atoms. The third-order valence-electron chi connectivity index (χ3n) is 5.79. The molecule has 1 unspecified atom stereocenters. The van der Waals surface area contributed by atoms with Crippen molar-refractivity contribution in [1.29, 1.82) is 0 Å². The zero-order valence-corrected chi connectivity index (χ0v) is 19.5. The van der Waals surface area contributed by atoms with Crippen LogP contribution in [0.25, 0.3) is 10.8 Å². The normalized spacial score (nSPS) is 15.0. The quantitative estimate of drug-likeness (QED) is 0.473. The minimum absolute atomic E-state index is 0.0429. The fourth-order valence-electron chi connectivity index (χ4n) is 4.02. The van der Waals surface area contributed by atoms with Crippen LogP contribution in [-0.2, 0) is 9.84 Å². The third-order valence-corrected chi connectivity index (χ3v) is 6.71. The molecule has 0 spiro atoms. The number of hydrogen-bond acceptors (Lipinski definition) is 6. The zero-order chi connectivity index (χ0) is 22.9. The topological polar surface area (TPSA) is 89.8 Å². The molecule has 1 aliphatic rings. The molecule has 1 heterocycles. The number of aromatic nitrogens is 1. The molecule has 0 amide bonds. The number of fused-ring (bicyclic) bond motifs is 1. The lowest BCUT2D eigenvalue weighted by Crippen LogP contribution is -2.20. The Morgan fingerprint density at radius 2 is 2.00 bits per heavy atom. The van der Waals surface area contributed by atoms with Gasteiger partial charge in [0, 0.05) is 30.1 Å². The summed E-state index contributed by atoms with van der Waals surface area (Å²) in [7, 11) is -1.80. The van der Waals surface area contributed by atoms with Gasteiger partial charge in [0.25, 0.3) is 0 Å². The second kappa shape index (κ2) is 8.94. The van der Waals surface area contributed by atoms with Crippen molar-refractivity contribution in [2.75, 3.05) is 37.6 Å². The van der Waals surface area contributed by atoms with Crippen LogP contribution < -0.4 is 14.8 Å². The Bertz CT molecular complexity index is 1210. The van der Waals surface area contributed by atoms with E-state index in [1.54, 1.807) is 23.8 Å². The lowest BCUT2D eigenvalue weighted by Gasteiger charge is -2.21. The second-order valence-corrected chi connectivity index (χ2v) is 10.6. The Morgan fingerprint density at radius 3 is 2.66 bits per heavy atom. The average Bonchev–Trinajstić information content (AvgIpc) is 3.52. The van der Waals surface area contributed by atoms with Crippen molar-refractivity contribution in [1.82, 2.24) is 4.57 Å². The number of rotatable bonds is 10. The SMILES string of the molecule is CCOc1cc(C(CS(C)(=O)=O)n2cc3cccc(NCC4CC4)c3c2O)ccc1OC. The molecule has 7 nitrogen and oxygen atoms in total. The van der Waals surface area contributed by atoms with E-state index < -0.39 is 15.9 Å². The fraction of sp³-hybridized carbons (Fsp3) is 0.417. The number of hydrogen-bond donors (Lipinski definition) is 2. The summed E-state index contributed by atoms with van der Waals surface area (Å²) in [4.78, 5) is 0. The van der Waals surface area contributed by atoms with Gasteiger partial charge in [-0.1, -0.05) is 18.2 Å². The molecule has 1 saturated carbocycles. The first kappa shape index (κ1) is 22.3. The Balaban J connectivity index is 1.81. The number of nitrogens with one attached hydrogen (secondary N) is 1. The molecule has 8 heteroatoms. The predicted octanol–water partition coefficient (Wildman–Crippen LogP) is 4.21. The van der Waals surface area contributed by atoms with Gasteiger partial charge in [-0.05, 0) is 49.4 Å². The highest BCUT2D eigenvalue weighted by Crippen LogP contribution is 2.40. The summed E-state index contributed by atoms with van der Waals surface area (Å²) in [5, 5.41) is 16.2. The Hall–Kier alpha value is -2.87. The van der Waals surface area contributed by atoms with E-state index in [2.05, 4.69) is 5.32 Å². The maximum Gasteiger partial charge on any atom is 0.201 e. The van der Waals surface area contributed by atoms with Crippen molar-refractivity contribution in [2.45, 2.75) is 25.8 Å². The molecule has 1 aromatic heterocycles. The monoisotopic (exact) mass is 458 g/mol. The minimum Gasteiger partial charge on any atom is -0.494 e. The molecule has 3 aromatic rings. The van der Waals surface area contributed by atoms with E-state index in [1.807, 2.05) is 37.4 Å². The molecule has 0 radical (unpaired) electrons. The van der Waals surface area contributed by atoms with Crippen LogP contribution in [0.15, 0.2) is 42.6 Å². The highest BCUT2D eigenvalue weighted by molar-refractivity contribution is 7.90. The van der Waals surface area contributed by atoms with Crippen LogP contribution in [0, 0.1) is 5.92 Å². The van der Waals surface area contributed by atoms with Gasteiger partial charge in [-0.3, -0.25) is 0 Å². The summed E-state index contributed by atoms with van der Waals surface area (Å²) < 4.78 is 37.4. The minimum atomic E-state index is -3.36. The molecular formula is C24H30N2O5S. The number of benzene rings is 2. The summed E-state index contributed by atoms with van der Waals surface area (Å²) in [6, 6.07) is 10.5. The van der Waals surface area contributed by atoms with E-state index in [-0.39, 0.29) is 11.6 Å². The summed E-state index contributed by atoms with van der Waals surface area (Å²) in [6.45, 7) is 3.19. The Kier molecular flexibility index (Phi) is 6.24. The van der Waals surface area contributed by atoms with Crippen molar-refractivity contribution in [2.24, 2.45) is 5.92 Å². The lowest BCUT2D eigenvalue weighted by atomic mass is 10.1. The molecule has 0 saturated heterocycles. The van der Waals surface area contributed by atoms with Crippen molar-refractivity contribution in [3.63, 3.8) is 0 Å². The summed E-state index contributed by atoms with van der Waals surface area (Å²) in [6.07, 6.45) is 5.47. The molecule has 1 aliphatic carbocycles. The van der Waals surface area contributed by atoms with E-state index in [4.69, 9.17) is 9.47 Å². The molecule has 2 aromatic carbocycles. The highest BCUT2D eigenvalue weighted by atomic mass is 32.2. The average molecular weight is 459 g/mol. The molecule has 172 valence electrons. The van der Waals surface area contributed by atoms with Gasteiger partial charge in [-0.15, -0.1) is 0 Å². The molecule has 4 rings (SSSR count). The van der Waals surface area contributed by atoms with Gasteiger partial charge in [0.2, 0.25) is 5.88 Å². The van der Waals surface area contributed by atoms with Gasteiger partial charge in [-0.2, -0.15) is 0 Å². The number of sulfone groups is 1. The van der Waals surface area contributed by atoms with E-state index in [0.29, 0.717) is 35.0 Å². The van der Waals surface area contributed by atoms with E-state index in [9.17, 15) is 13.5 Å². The zero-order valence-electron chi connectivity index (χ0n) is 18.7. The smallest absolute Gasteiger partial charge is 0.201 e. The molecule has 0 aliphatic heterocycles. The van der Waals surface area contributed by atoms with Crippen LogP contribution in [-0.4, -0.2) is 50.4 Å². The van der Waals surface area contributed by atoms with Gasteiger partial charge >= 0.3 is 0 Å². The highest BCUT2D eigenvalue weighted by Gasteiger charge is 2.26. The summed E-state index contributed by atoms with van der Waals surface area (Å²) >= 11 is 0. The van der Waals surface area contributed by atoms with Crippen LogP contribution in [0.2, 0.25) is 0 Å². The van der Waals surface area contributed by atoms with Crippen molar-refractivity contribution in [3.8, 4) is 17.4 Å². The van der Waals surface area contributed by atoms with Crippen LogP contribution >= 0.6 is 0 Å². The van der Waals surface area contributed by atoms with Gasteiger partial charge in [0.1, 0.15) is 9.84 Å². The molecule has 1 fully saturated rings. The number of ether oxygens (including phenoxy) is 2. The van der Waals surface area contributed by atoms with E-state index in [1.165, 1.54) is 19.1 Å². The lowest BCUT2D eigenvalue weighted by molar-refractivity contribution is 0.310. The molecule has 1 atom stereocenters. The van der Waals surface area contributed by atoms with Crippen LogP contribution in [0.3, 0.4) is 0 Å². The Morgan fingerprint density at radius 1 is 1.22 bits per heavy atom. The van der Waals surface area contributed by atoms with Crippen molar-refractivity contribution in [3.05, 3.63) is 48.2 Å². The standard InChI is InChI=1S/C24H30N2O5S/c1-4-31-22-12-17(10-11-21(22)30-2)20(15-32(3,28)29)26-14-18-6-5-7-19(23(18)24(26)27)25-13-16-8-9-16/h5-7,10-12,14,16,20,25,27H,4,8-9,13,15H2,1-3H3. The van der Waals surface area contributed by atoms with Crippen LogP contribution in [0.4, 0.5) is 5.69 Å². The first-order chi connectivity index (χ1) is 15.3. The number of anilines is 1. The number of methoxy groups -OCH3 is 1. The molecular weight excluding hydrogens is 428 g/mol. The van der Waals surface area contributed by atoms with Gasteiger partial charge < -0.3 is 24.5 Å². The van der Waals surface area contributed by atoms with E-state index >= 15 is 0 Å². The van der Waals surface area contributed by atoms with Gasteiger partial charge in [0.05, 0.1) is 30.9 Å². The van der Waals surface area contributed by atoms with Crippen LogP contribution in [0.5, 0.6) is 17.4 Å². The first-order valence-corrected chi connectivity index (χ1v) is 12.9. The summed E-state index contributed by atoms with van der Waals surface area (Å²) in [5.74, 6) is 1.67. The fourth-order valence-corrected chi connectivity index (χ4v) is 4.95. The first-order valence-electron chi connectivity index (χ1n) is 10.9. The largest absolute Gasteiger partial charge is 0.494 e. The number of nitrogens with zero attached hydrogens (tertiary/aromatic N) is 1. The maximum atomic E-state index is 12.3. The van der Waals surface area contributed by atoms with Crippen LogP contribution in [0.1, 0.15) is 31.4 Å². The molecule has 2 N–H and O–H groups in total. The van der Waals surface area contributed by atoms with Gasteiger partial charge in [-0.25, -0.2) is 8.42 Å². The maximum absolute atomic E-state index is 12.3. The molecule has 32 heavy (non-hydrogen) atoms. The summed E-state index contributed by atoms with van der Waals surface area (Å²) in [5.41, 5.74) is 1.57. The van der Waals surface area contributed by atoms with E-state index in [0.717, 1.165) is 17.6 Å². The predicted molar refractivity (Wildman–Crippen MR) is 127 cm³/mol. The van der Waals surface area contributed by atoms with Gasteiger partial charge in [0.15, 0.2) is 11.5 Å². The Labute approximate surface area is 188 Å². The van der Waals surface area contributed by atoms with Crippen molar-refractivity contribution >= 4 is 26.3 Å². The van der Waals surface area contributed by atoms with Crippen molar-refractivity contribution < 1.29 is 23.0 Å².